The number of para-hydroxylation sites is 1. The van der Waals surface area contributed by atoms with Crippen LogP contribution >= 0.6 is 0 Å². The predicted octanol–water partition coefficient (Wildman–Crippen LogP) is 4.43. The molecule has 1 heterocycles. The van der Waals surface area contributed by atoms with Crippen molar-refractivity contribution in [3.05, 3.63) is 78.6 Å². The molecular formula is C18H18N2O. The number of aromatic nitrogens is 1. The summed E-state index contributed by atoms with van der Waals surface area (Å²) in [5.74, 6) is 1.69. The Hall–Kier alpha value is -2.68. The molecule has 0 aliphatic rings. The zero-order valence-electron chi connectivity index (χ0n) is 12.0. The summed E-state index contributed by atoms with van der Waals surface area (Å²) in [7, 11) is 2.05. The topological polar surface area (TPSA) is 26.2 Å². The van der Waals surface area contributed by atoms with E-state index in [4.69, 9.17) is 4.74 Å². The van der Waals surface area contributed by atoms with E-state index < -0.39 is 0 Å². The van der Waals surface area contributed by atoms with Gasteiger partial charge in [-0.2, -0.15) is 0 Å². The largest absolute Gasteiger partial charge is 0.457 e. The number of ether oxygens (including phenoxy) is 1. The molecular weight excluding hydrogens is 260 g/mol. The second-order valence-corrected chi connectivity index (χ2v) is 4.90. The molecule has 0 bridgehead atoms. The van der Waals surface area contributed by atoms with Gasteiger partial charge in [-0.25, -0.2) is 0 Å². The summed E-state index contributed by atoms with van der Waals surface area (Å²) in [4.78, 5) is 0. The lowest BCUT2D eigenvalue weighted by Crippen LogP contribution is -2.03. The van der Waals surface area contributed by atoms with Crippen LogP contribution in [0.15, 0.2) is 72.9 Å². The van der Waals surface area contributed by atoms with Gasteiger partial charge < -0.3 is 14.6 Å². The van der Waals surface area contributed by atoms with Gasteiger partial charge in [0.1, 0.15) is 11.5 Å². The SMILES string of the molecule is Cn1cccc1CNc1ccc(Oc2ccccc2)cc1. The molecule has 3 heteroatoms. The van der Waals surface area contributed by atoms with E-state index in [1.165, 1.54) is 5.69 Å². The molecule has 0 fully saturated rings. The molecule has 0 aliphatic carbocycles. The highest BCUT2D eigenvalue weighted by molar-refractivity contribution is 5.47. The number of hydrogen-bond acceptors (Lipinski definition) is 2. The Morgan fingerprint density at radius 3 is 2.24 bits per heavy atom. The fourth-order valence-corrected chi connectivity index (χ4v) is 2.14. The van der Waals surface area contributed by atoms with Crippen molar-refractivity contribution in [2.24, 2.45) is 7.05 Å². The van der Waals surface area contributed by atoms with Crippen molar-refractivity contribution >= 4 is 5.69 Å². The van der Waals surface area contributed by atoms with Crippen molar-refractivity contribution < 1.29 is 4.74 Å². The lowest BCUT2D eigenvalue weighted by atomic mass is 10.3. The third kappa shape index (κ3) is 3.45. The standard InChI is InChI=1S/C18H18N2O/c1-20-13-5-6-16(20)14-19-15-9-11-18(12-10-15)21-17-7-3-2-4-8-17/h2-13,19H,14H2,1H3. The summed E-state index contributed by atoms with van der Waals surface area (Å²) in [6.07, 6.45) is 2.05. The minimum atomic E-state index is 0.808. The first kappa shape index (κ1) is 13.3. The summed E-state index contributed by atoms with van der Waals surface area (Å²) < 4.78 is 7.88. The Bertz CT molecular complexity index is 687. The van der Waals surface area contributed by atoms with Crippen LogP contribution in [0.4, 0.5) is 5.69 Å². The van der Waals surface area contributed by atoms with Gasteiger partial charge in [-0.15, -0.1) is 0 Å². The fraction of sp³-hybridized carbons (Fsp3) is 0.111. The minimum Gasteiger partial charge on any atom is -0.457 e. The first-order valence-electron chi connectivity index (χ1n) is 6.98. The summed E-state index contributed by atoms with van der Waals surface area (Å²) in [5, 5.41) is 3.40. The number of aryl methyl sites for hydroxylation is 1. The highest BCUT2D eigenvalue weighted by Gasteiger charge is 1.99. The third-order valence-electron chi connectivity index (χ3n) is 3.36. The van der Waals surface area contributed by atoms with Crippen molar-refractivity contribution in [2.75, 3.05) is 5.32 Å². The van der Waals surface area contributed by atoms with E-state index in [2.05, 4.69) is 16.0 Å². The first-order valence-corrected chi connectivity index (χ1v) is 6.98. The molecule has 3 aromatic rings. The fourth-order valence-electron chi connectivity index (χ4n) is 2.14. The van der Waals surface area contributed by atoms with Crippen molar-refractivity contribution in [1.29, 1.82) is 0 Å². The van der Waals surface area contributed by atoms with Crippen LogP contribution < -0.4 is 10.1 Å². The van der Waals surface area contributed by atoms with E-state index >= 15 is 0 Å². The zero-order chi connectivity index (χ0) is 14.5. The lowest BCUT2D eigenvalue weighted by Gasteiger charge is -2.09. The average Bonchev–Trinajstić information content (AvgIpc) is 2.93. The molecule has 106 valence electrons. The van der Waals surface area contributed by atoms with Gasteiger partial charge in [0, 0.05) is 24.6 Å². The average molecular weight is 278 g/mol. The van der Waals surface area contributed by atoms with Crippen LogP contribution in [0.1, 0.15) is 5.69 Å². The second-order valence-electron chi connectivity index (χ2n) is 4.90. The van der Waals surface area contributed by atoms with Gasteiger partial charge in [-0.05, 0) is 48.5 Å². The monoisotopic (exact) mass is 278 g/mol. The van der Waals surface area contributed by atoms with Crippen molar-refractivity contribution in [3.8, 4) is 11.5 Å². The maximum Gasteiger partial charge on any atom is 0.127 e. The molecule has 0 saturated carbocycles. The van der Waals surface area contributed by atoms with E-state index in [0.29, 0.717) is 0 Å². The Balaban J connectivity index is 1.60. The van der Waals surface area contributed by atoms with Crippen LogP contribution in [-0.2, 0) is 13.6 Å². The summed E-state index contributed by atoms with van der Waals surface area (Å²) in [6, 6.07) is 22.0. The van der Waals surface area contributed by atoms with E-state index in [9.17, 15) is 0 Å². The quantitative estimate of drug-likeness (QED) is 0.747. The maximum absolute atomic E-state index is 5.77. The summed E-state index contributed by atoms with van der Waals surface area (Å²) in [6.45, 7) is 0.808. The molecule has 1 aromatic heterocycles. The molecule has 0 aliphatic heterocycles. The highest BCUT2D eigenvalue weighted by atomic mass is 16.5. The molecule has 0 radical (unpaired) electrons. The van der Waals surface area contributed by atoms with Crippen LogP contribution in [0.25, 0.3) is 0 Å². The van der Waals surface area contributed by atoms with E-state index in [-0.39, 0.29) is 0 Å². The number of rotatable bonds is 5. The number of benzene rings is 2. The molecule has 3 nitrogen and oxygen atoms in total. The van der Waals surface area contributed by atoms with Gasteiger partial charge in [0.2, 0.25) is 0 Å². The van der Waals surface area contributed by atoms with Crippen LogP contribution in [-0.4, -0.2) is 4.57 Å². The second kappa shape index (κ2) is 6.18. The predicted molar refractivity (Wildman–Crippen MR) is 85.7 cm³/mol. The molecule has 1 N–H and O–H groups in total. The van der Waals surface area contributed by atoms with E-state index in [0.717, 1.165) is 23.7 Å². The Kier molecular flexibility index (Phi) is 3.92. The number of nitrogens with zero attached hydrogens (tertiary/aromatic N) is 1. The number of hydrogen-bond donors (Lipinski definition) is 1. The van der Waals surface area contributed by atoms with E-state index in [1.54, 1.807) is 0 Å². The van der Waals surface area contributed by atoms with E-state index in [1.807, 2.05) is 73.9 Å². The highest BCUT2D eigenvalue weighted by Crippen LogP contribution is 2.22. The number of nitrogens with one attached hydrogen (secondary N) is 1. The Labute approximate surface area is 124 Å². The normalized spacial score (nSPS) is 10.3. The summed E-state index contributed by atoms with van der Waals surface area (Å²) in [5.41, 5.74) is 2.33. The van der Waals surface area contributed by atoms with Crippen LogP contribution in [0.2, 0.25) is 0 Å². The van der Waals surface area contributed by atoms with Gasteiger partial charge in [0.15, 0.2) is 0 Å². The molecule has 0 unspecified atom stereocenters. The number of anilines is 1. The molecule has 2 aromatic carbocycles. The molecule has 0 amide bonds. The molecule has 21 heavy (non-hydrogen) atoms. The van der Waals surface area contributed by atoms with Gasteiger partial charge in [0.05, 0.1) is 6.54 Å². The van der Waals surface area contributed by atoms with Crippen LogP contribution in [0.3, 0.4) is 0 Å². The molecule has 0 saturated heterocycles. The third-order valence-corrected chi connectivity index (χ3v) is 3.36. The maximum atomic E-state index is 5.77. The van der Waals surface area contributed by atoms with Gasteiger partial charge in [-0.1, -0.05) is 18.2 Å². The molecule has 0 spiro atoms. The van der Waals surface area contributed by atoms with Crippen molar-refractivity contribution in [3.63, 3.8) is 0 Å². The minimum absolute atomic E-state index is 0.808. The van der Waals surface area contributed by atoms with Crippen molar-refractivity contribution in [2.45, 2.75) is 6.54 Å². The Morgan fingerprint density at radius 2 is 1.57 bits per heavy atom. The summed E-state index contributed by atoms with van der Waals surface area (Å²) >= 11 is 0. The smallest absolute Gasteiger partial charge is 0.127 e. The van der Waals surface area contributed by atoms with Gasteiger partial charge >= 0.3 is 0 Å². The zero-order valence-corrected chi connectivity index (χ0v) is 12.0. The molecule has 3 rings (SSSR count). The van der Waals surface area contributed by atoms with Crippen LogP contribution in [0.5, 0.6) is 11.5 Å². The lowest BCUT2D eigenvalue weighted by molar-refractivity contribution is 0.483. The van der Waals surface area contributed by atoms with Crippen LogP contribution in [0, 0.1) is 0 Å². The molecule has 0 atom stereocenters. The first-order chi connectivity index (χ1) is 10.3. The van der Waals surface area contributed by atoms with Crippen molar-refractivity contribution in [1.82, 2.24) is 4.57 Å². The Morgan fingerprint density at radius 1 is 0.857 bits per heavy atom. The van der Waals surface area contributed by atoms with Gasteiger partial charge in [0.25, 0.3) is 0 Å². The van der Waals surface area contributed by atoms with Gasteiger partial charge in [-0.3, -0.25) is 0 Å².